The lowest BCUT2D eigenvalue weighted by molar-refractivity contribution is 0.294. The molecule has 0 saturated heterocycles. The lowest BCUT2D eigenvalue weighted by Crippen LogP contribution is -2.01. The standard InChI is InChI=1S/C6H13OSi.C2N2/c1-3-8(2)6-4-5-7;3-1-2-4/h3,7H,1,4-6H2,2H3;. The molecule has 1 radical (unpaired) electrons. The van der Waals surface area contributed by atoms with Crippen LogP contribution >= 0.6 is 0 Å². The van der Waals surface area contributed by atoms with E-state index in [1.54, 1.807) is 0 Å². The fourth-order valence-electron chi connectivity index (χ4n) is 0.460. The first kappa shape index (κ1) is 13.5. The third-order valence-electron chi connectivity index (χ3n) is 1.13. The lowest BCUT2D eigenvalue weighted by atomic mass is 10.5. The molecule has 0 fully saturated rings. The monoisotopic (exact) mass is 181 g/mol. The van der Waals surface area contributed by atoms with Crippen LogP contribution < -0.4 is 0 Å². The van der Waals surface area contributed by atoms with E-state index in [4.69, 9.17) is 15.6 Å². The van der Waals surface area contributed by atoms with Gasteiger partial charge in [-0.1, -0.05) is 12.6 Å². The summed E-state index contributed by atoms with van der Waals surface area (Å²) in [5.74, 6) is 0. The van der Waals surface area contributed by atoms with Gasteiger partial charge in [-0.05, 0) is 6.42 Å². The van der Waals surface area contributed by atoms with Gasteiger partial charge in [-0.25, -0.2) is 0 Å². The molecule has 0 aliphatic rings. The number of rotatable bonds is 4. The SMILES string of the molecule is C=C[Si](C)CCCO.N#CC#N. The molecule has 0 aromatic rings. The van der Waals surface area contributed by atoms with E-state index < -0.39 is 0 Å². The van der Waals surface area contributed by atoms with Crippen LogP contribution in [0.5, 0.6) is 0 Å². The first-order valence-electron chi connectivity index (χ1n) is 3.56. The van der Waals surface area contributed by atoms with Crippen molar-refractivity contribution < 1.29 is 5.11 Å². The Hall–Kier alpha value is -1.10. The number of hydrogen-bond donors (Lipinski definition) is 1. The van der Waals surface area contributed by atoms with E-state index in [0.29, 0.717) is 6.61 Å². The van der Waals surface area contributed by atoms with Crippen LogP contribution in [-0.2, 0) is 0 Å². The molecular weight excluding hydrogens is 168 g/mol. The normalized spacial score (nSPS) is 7.42. The highest BCUT2D eigenvalue weighted by Crippen LogP contribution is 1.95. The van der Waals surface area contributed by atoms with Crippen LogP contribution in [0.4, 0.5) is 0 Å². The van der Waals surface area contributed by atoms with Crippen LogP contribution in [0.25, 0.3) is 0 Å². The summed E-state index contributed by atoms with van der Waals surface area (Å²) in [6.07, 6.45) is 0.941. The molecule has 1 N–H and O–H groups in total. The zero-order valence-electron chi connectivity index (χ0n) is 7.25. The molecule has 0 aromatic heterocycles. The summed E-state index contributed by atoms with van der Waals surface area (Å²) in [6.45, 7) is 6.21. The van der Waals surface area contributed by atoms with E-state index in [-0.39, 0.29) is 8.80 Å². The third-order valence-corrected chi connectivity index (χ3v) is 2.97. The summed E-state index contributed by atoms with van der Waals surface area (Å²) in [5.41, 5.74) is 2.01. The minimum Gasteiger partial charge on any atom is -0.396 e. The van der Waals surface area contributed by atoms with Gasteiger partial charge in [0.2, 0.25) is 0 Å². The number of aliphatic hydroxyl groups is 1. The van der Waals surface area contributed by atoms with Crippen LogP contribution in [0.3, 0.4) is 0 Å². The van der Waals surface area contributed by atoms with E-state index in [9.17, 15) is 0 Å². The molecule has 3 nitrogen and oxygen atoms in total. The number of nitriles is 2. The molecule has 4 heteroatoms. The Labute approximate surface area is 75.2 Å². The highest BCUT2D eigenvalue weighted by atomic mass is 28.3. The molecule has 12 heavy (non-hydrogen) atoms. The van der Waals surface area contributed by atoms with Gasteiger partial charge in [0.1, 0.15) is 0 Å². The van der Waals surface area contributed by atoms with E-state index >= 15 is 0 Å². The van der Waals surface area contributed by atoms with Crippen molar-refractivity contribution in [2.75, 3.05) is 6.61 Å². The first-order valence-corrected chi connectivity index (χ1v) is 5.85. The van der Waals surface area contributed by atoms with E-state index in [2.05, 4.69) is 13.1 Å². The fourth-order valence-corrected chi connectivity index (χ4v) is 1.38. The summed E-state index contributed by atoms with van der Waals surface area (Å²) in [6, 6.07) is 3.63. The van der Waals surface area contributed by atoms with Gasteiger partial charge >= 0.3 is 0 Å². The Bertz CT molecular complexity index is 168. The zero-order chi connectivity index (χ0) is 9.82. The Morgan fingerprint density at radius 3 is 2.25 bits per heavy atom. The van der Waals surface area contributed by atoms with E-state index in [1.165, 1.54) is 12.1 Å². The molecule has 0 heterocycles. The molecule has 0 spiro atoms. The molecule has 0 amide bonds. The smallest absolute Gasteiger partial charge is 0.181 e. The summed E-state index contributed by atoms with van der Waals surface area (Å²) in [7, 11) is -0.288. The summed E-state index contributed by atoms with van der Waals surface area (Å²) >= 11 is 0. The number of aliphatic hydroxyl groups excluding tert-OH is 1. The predicted octanol–water partition coefficient (Wildman–Crippen LogP) is 1.25. The van der Waals surface area contributed by atoms with Gasteiger partial charge in [-0.15, -0.1) is 12.3 Å². The molecule has 0 aromatic carbocycles. The summed E-state index contributed by atoms with van der Waals surface area (Å²) in [5, 5.41) is 22.9. The van der Waals surface area contributed by atoms with Gasteiger partial charge in [0, 0.05) is 6.61 Å². The third kappa shape index (κ3) is 16.0. The Kier molecular flexibility index (Phi) is 14.1. The average Bonchev–Trinajstić information content (AvgIpc) is 2.14. The molecule has 0 atom stereocenters. The maximum absolute atomic E-state index is 8.39. The van der Waals surface area contributed by atoms with Crippen LogP contribution in [0.1, 0.15) is 6.42 Å². The average molecular weight is 181 g/mol. The fraction of sp³-hybridized carbons (Fsp3) is 0.500. The number of nitrogens with zero attached hydrogens (tertiary/aromatic N) is 2. The molecule has 0 unspecified atom stereocenters. The summed E-state index contributed by atoms with van der Waals surface area (Å²) < 4.78 is 0. The van der Waals surface area contributed by atoms with Crippen LogP contribution in [0, 0.1) is 22.7 Å². The van der Waals surface area contributed by atoms with Crippen molar-refractivity contribution in [1.29, 1.82) is 10.5 Å². The van der Waals surface area contributed by atoms with Crippen molar-refractivity contribution in [2.45, 2.75) is 19.0 Å². The van der Waals surface area contributed by atoms with Crippen LogP contribution in [-0.4, -0.2) is 20.5 Å². The minimum absolute atomic E-state index is 0.288. The lowest BCUT2D eigenvalue weighted by Gasteiger charge is -1.98. The Morgan fingerprint density at radius 2 is 2.00 bits per heavy atom. The van der Waals surface area contributed by atoms with Crippen molar-refractivity contribution in [3.05, 3.63) is 12.3 Å². The van der Waals surface area contributed by atoms with E-state index in [0.717, 1.165) is 12.5 Å². The summed E-state index contributed by atoms with van der Waals surface area (Å²) in [4.78, 5) is 0. The van der Waals surface area contributed by atoms with Gasteiger partial charge in [-0.2, -0.15) is 10.5 Å². The quantitative estimate of drug-likeness (QED) is 0.664. The molecule has 0 aliphatic heterocycles. The zero-order valence-corrected chi connectivity index (χ0v) is 8.25. The van der Waals surface area contributed by atoms with Gasteiger partial charge in [0.15, 0.2) is 12.1 Å². The molecular formula is C8H13N2OSi. The first-order chi connectivity index (χ1) is 5.72. The Balaban J connectivity index is 0. The van der Waals surface area contributed by atoms with Crippen LogP contribution in [0.15, 0.2) is 12.3 Å². The van der Waals surface area contributed by atoms with Crippen molar-refractivity contribution in [1.82, 2.24) is 0 Å². The predicted molar refractivity (Wildman–Crippen MR) is 49.6 cm³/mol. The highest BCUT2D eigenvalue weighted by molar-refractivity contribution is 6.62. The second-order valence-electron chi connectivity index (χ2n) is 2.10. The van der Waals surface area contributed by atoms with Gasteiger partial charge in [0.05, 0.1) is 8.80 Å². The molecule has 0 aliphatic carbocycles. The second kappa shape index (κ2) is 12.6. The second-order valence-corrected chi connectivity index (χ2v) is 4.70. The number of hydrogen-bond acceptors (Lipinski definition) is 3. The van der Waals surface area contributed by atoms with Crippen molar-refractivity contribution in [2.24, 2.45) is 0 Å². The Morgan fingerprint density at radius 1 is 1.50 bits per heavy atom. The topological polar surface area (TPSA) is 67.8 Å². The van der Waals surface area contributed by atoms with Crippen molar-refractivity contribution in [3.63, 3.8) is 0 Å². The minimum atomic E-state index is -0.288. The van der Waals surface area contributed by atoms with Gasteiger partial charge in [-0.3, -0.25) is 0 Å². The molecule has 0 rings (SSSR count). The van der Waals surface area contributed by atoms with Gasteiger partial charge < -0.3 is 5.11 Å². The van der Waals surface area contributed by atoms with Crippen molar-refractivity contribution in [3.8, 4) is 12.1 Å². The molecule has 0 saturated carbocycles. The maximum atomic E-state index is 8.39. The maximum Gasteiger partial charge on any atom is 0.181 e. The largest absolute Gasteiger partial charge is 0.396 e. The van der Waals surface area contributed by atoms with E-state index in [1.807, 2.05) is 5.70 Å². The van der Waals surface area contributed by atoms with Crippen molar-refractivity contribution >= 4 is 8.80 Å². The molecule has 65 valence electrons. The molecule has 0 bridgehead atoms. The highest BCUT2D eigenvalue weighted by Gasteiger charge is 1.95. The van der Waals surface area contributed by atoms with Crippen LogP contribution in [0.2, 0.25) is 12.6 Å². The van der Waals surface area contributed by atoms with Gasteiger partial charge in [0.25, 0.3) is 0 Å².